The van der Waals surface area contributed by atoms with E-state index in [1.54, 1.807) is 0 Å². The summed E-state index contributed by atoms with van der Waals surface area (Å²) in [6, 6.07) is 0. The Kier molecular flexibility index (Phi) is 4.24. The smallest absolute Gasteiger partial charge is 0.163 e. The average Bonchev–Trinajstić information content (AvgIpc) is 2.42. The quantitative estimate of drug-likeness (QED) is 0.791. The van der Waals surface area contributed by atoms with Crippen LogP contribution in [-0.4, -0.2) is 37.8 Å². The number of rotatable bonds is 3. The van der Waals surface area contributed by atoms with Gasteiger partial charge in [0.15, 0.2) is 5.79 Å². The summed E-state index contributed by atoms with van der Waals surface area (Å²) in [5.74, 6) is -0.572. The fraction of sp³-hybridized carbons (Fsp3) is 0.846. The predicted octanol–water partition coefficient (Wildman–Crippen LogP) is 2.71. The molecule has 0 radical (unpaired) electrons. The maximum atomic E-state index is 10.5. The van der Waals surface area contributed by atoms with Gasteiger partial charge in [-0.2, -0.15) is 0 Å². The van der Waals surface area contributed by atoms with Gasteiger partial charge < -0.3 is 14.6 Å². The van der Waals surface area contributed by atoms with Crippen LogP contribution in [0.2, 0.25) is 19.6 Å². The van der Waals surface area contributed by atoms with E-state index >= 15 is 0 Å². The number of allylic oxidation sites excluding steroid dienone is 1. The fourth-order valence-electron chi connectivity index (χ4n) is 2.55. The molecule has 0 aromatic carbocycles. The zero-order valence-corrected chi connectivity index (χ0v) is 13.1. The Labute approximate surface area is 106 Å². The van der Waals surface area contributed by atoms with Gasteiger partial charge in [0.2, 0.25) is 0 Å². The van der Waals surface area contributed by atoms with Gasteiger partial charge in [-0.15, -0.1) is 0 Å². The predicted molar refractivity (Wildman–Crippen MR) is 72.6 cm³/mol. The molecule has 2 atom stereocenters. The molecule has 0 amide bonds. The Morgan fingerprint density at radius 3 is 2.12 bits per heavy atom. The molecule has 17 heavy (non-hydrogen) atoms. The standard InChI is InChI=1S/C13H26O3Si/c1-9(2)12(17(5,6)7)11(14)10-8-15-13(3,4)16-10/h10-11,14H,8H2,1-7H3/t10-,11-/m1/s1. The van der Waals surface area contributed by atoms with Gasteiger partial charge in [-0.3, -0.25) is 0 Å². The van der Waals surface area contributed by atoms with Gasteiger partial charge >= 0.3 is 0 Å². The Hall–Kier alpha value is -0.163. The summed E-state index contributed by atoms with van der Waals surface area (Å²) >= 11 is 0. The molecule has 100 valence electrons. The summed E-state index contributed by atoms with van der Waals surface area (Å²) in [5, 5.41) is 11.7. The fourth-order valence-corrected chi connectivity index (χ4v) is 5.12. The van der Waals surface area contributed by atoms with Crippen molar-refractivity contribution in [3.63, 3.8) is 0 Å². The van der Waals surface area contributed by atoms with E-state index in [2.05, 4.69) is 33.5 Å². The van der Waals surface area contributed by atoms with E-state index < -0.39 is 20.0 Å². The van der Waals surface area contributed by atoms with Gasteiger partial charge in [-0.05, 0) is 27.7 Å². The minimum atomic E-state index is -1.53. The van der Waals surface area contributed by atoms with Crippen molar-refractivity contribution < 1.29 is 14.6 Å². The molecule has 0 unspecified atom stereocenters. The molecule has 0 aromatic rings. The van der Waals surface area contributed by atoms with Crippen LogP contribution < -0.4 is 0 Å². The van der Waals surface area contributed by atoms with Crippen LogP contribution >= 0.6 is 0 Å². The third-order valence-electron chi connectivity index (χ3n) is 3.03. The highest BCUT2D eigenvalue weighted by atomic mass is 28.3. The van der Waals surface area contributed by atoms with Gasteiger partial charge in [-0.25, -0.2) is 0 Å². The highest BCUT2D eigenvalue weighted by molar-refractivity contribution is 6.83. The Bertz CT molecular complexity index is 311. The second-order valence-corrected chi connectivity index (χ2v) is 11.5. The van der Waals surface area contributed by atoms with Crippen molar-refractivity contribution in [1.82, 2.24) is 0 Å². The van der Waals surface area contributed by atoms with Crippen LogP contribution in [0.25, 0.3) is 0 Å². The second-order valence-electron chi connectivity index (χ2n) is 6.48. The molecule has 0 aliphatic carbocycles. The van der Waals surface area contributed by atoms with E-state index in [0.29, 0.717) is 6.61 Å². The van der Waals surface area contributed by atoms with Crippen molar-refractivity contribution in [2.24, 2.45) is 0 Å². The second kappa shape index (κ2) is 4.84. The molecule has 1 heterocycles. The minimum Gasteiger partial charge on any atom is -0.386 e. The molecule has 3 nitrogen and oxygen atoms in total. The van der Waals surface area contributed by atoms with E-state index in [1.165, 1.54) is 10.8 Å². The highest BCUT2D eigenvalue weighted by Crippen LogP contribution is 2.31. The van der Waals surface area contributed by atoms with E-state index in [0.717, 1.165) is 0 Å². The first kappa shape index (κ1) is 14.9. The van der Waals surface area contributed by atoms with Gasteiger partial charge in [0.25, 0.3) is 0 Å². The Morgan fingerprint density at radius 1 is 1.29 bits per heavy atom. The molecular formula is C13H26O3Si. The third-order valence-corrected chi connectivity index (χ3v) is 5.44. The summed E-state index contributed by atoms with van der Waals surface area (Å²) in [6.45, 7) is 15.1. The molecule has 1 rings (SSSR count). The van der Waals surface area contributed by atoms with Crippen molar-refractivity contribution >= 4 is 8.07 Å². The van der Waals surface area contributed by atoms with Crippen molar-refractivity contribution in [1.29, 1.82) is 0 Å². The summed E-state index contributed by atoms with van der Waals surface area (Å²) < 4.78 is 11.3. The summed E-state index contributed by atoms with van der Waals surface area (Å²) in [5.41, 5.74) is 1.21. The van der Waals surface area contributed by atoms with Crippen LogP contribution in [0, 0.1) is 0 Å². The van der Waals surface area contributed by atoms with Crippen LogP contribution in [0.4, 0.5) is 0 Å². The normalized spacial score (nSPS) is 25.8. The molecule has 0 aromatic heterocycles. The molecule has 0 bridgehead atoms. The lowest BCUT2D eigenvalue weighted by Gasteiger charge is -2.30. The van der Waals surface area contributed by atoms with Gasteiger partial charge in [-0.1, -0.05) is 30.4 Å². The molecule has 0 saturated carbocycles. The van der Waals surface area contributed by atoms with E-state index in [1.807, 2.05) is 13.8 Å². The lowest BCUT2D eigenvalue weighted by Crippen LogP contribution is -2.41. The number of hydrogen-bond donors (Lipinski definition) is 1. The summed E-state index contributed by atoms with van der Waals surface area (Å²) in [7, 11) is -1.53. The topological polar surface area (TPSA) is 38.7 Å². The van der Waals surface area contributed by atoms with Crippen molar-refractivity contribution in [2.45, 2.75) is 65.3 Å². The van der Waals surface area contributed by atoms with Gasteiger partial charge in [0, 0.05) is 0 Å². The summed E-state index contributed by atoms with van der Waals surface area (Å²) in [6.07, 6.45) is -0.768. The Balaban J connectivity index is 2.89. The minimum absolute atomic E-state index is 0.235. The zero-order valence-electron chi connectivity index (χ0n) is 12.1. The number of aliphatic hydroxyl groups excluding tert-OH is 1. The van der Waals surface area contributed by atoms with Crippen molar-refractivity contribution in [3.8, 4) is 0 Å². The molecule has 1 saturated heterocycles. The highest BCUT2D eigenvalue weighted by Gasteiger charge is 2.40. The van der Waals surface area contributed by atoms with Crippen LogP contribution in [0.3, 0.4) is 0 Å². The average molecular weight is 258 g/mol. The molecule has 4 heteroatoms. The lowest BCUT2D eigenvalue weighted by molar-refractivity contribution is -0.147. The van der Waals surface area contributed by atoms with Crippen molar-refractivity contribution in [3.05, 3.63) is 10.8 Å². The first-order valence-corrected chi connectivity index (χ1v) is 9.72. The zero-order chi connectivity index (χ0) is 13.4. The molecule has 1 fully saturated rings. The van der Waals surface area contributed by atoms with Crippen LogP contribution in [0.5, 0.6) is 0 Å². The number of aliphatic hydroxyl groups is 1. The van der Waals surface area contributed by atoms with Crippen LogP contribution in [0.1, 0.15) is 27.7 Å². The maximum absolute atomic E-state index is 10.5. The number of ether oxygens (including phenoxy) is 2. The van der Waals surface area contributed by atoms with E-state index in [9.17, 15) is 5.11 Å². The van der Waals surface area contributed by atoms with Crippen LogP contribution in [-0.2, 0) is 9.47 Å². The molecule has 1 aliphatic heterocycles. The third kappa shape index (κ3) is 3.65. The molecule has 1 aliphatic rings. The number of hydrogen-bond acceptors (Lipinski definition) is 3. The van der Waals surface area contributed by atoms with E-state index in [4.69, 9.17) is 9.47 Å². The van der Waals surface area contributed by atoms with Crippen molar-refractivity contribution in [2.75, 3.05) is 6.61 Å². The maximum Gasteiger partial charge on any atom is 0.163 e. The van der Waals surface area contributed by atoms with Gasteiger partial charge in [0.1, 0.15) is 12.2 Å². The molecule has 1 N–H and O–H groups in total. The molecular weight excluding hydrogens is 232 g/mol. The largest absolute Gasteiger partial charge is 0.386 e. The first-order valence-electron chi connectivity index (χ1n) is 6.22. The van der Waals surface area contributed by atoms with E-state index in [-0.39, 0.29) is 6.10 Å². The lowest BCUT2D eigenvalue weighted by atomic mass is 10.1. The SMILES string of the molecule is CC(C)=C([C@H](O)[C@H]1COC(C)(C)O1)[Si](C)(C)C. The Morgan fingerprint density at radius 2 is 1.82 bits per heavy atom. The van der Waals surface area contributed by atoms with Crippen LogP contribution in [0.15, 0.2) is 10.8 Å². The summed E-state index contributed by atoms with van der Waals surface area (Å²) in [4.78, 5) is 0. The molecule has 0 spiro atoms. The monoisotopic (exact) mass is 258 g/mol. The van der Waals surface area contributed by atoms with Gasteiger partial charge in [0.05, 0.1) is 14.7 Å². The first-order chi connectivity index (χ1) is 7.54.